The van der Waals surface area contributed by atoms with Crippen LogP contribution in [0.15, 0.2) is 54.6 Å². The van der Waals surface area contributed by atoms with E-state index in [1.54, 1.807) is 0 Å². The van der Waals surface area contributed by atoms with Gasteiger partial charge in [-0.05, 0) is 30.7 Å². The van der Waals surface area contributed by atoms with Gasteiger partial charge in [-0.25, -0.2) is 0 Å². The number of nitrogens with zero attached hydrogens (tertiary/aromatic N) is 2. The molecule has 3 rings (SSSR count). The van der Waals surface area contributed by atoms with Crippen LogP contribution in [-0.4, -0.2) is 55.0 Å². The van der Waals surface area contributed by atoms with E-state index in [9.17, 15) is 4.79 Å². The lowest BCUT2D eigenvalue weighted by Crippen LogP contribution is -2.49. The molecule has 1 fully saturated rings. The number of amides is 1. The molecule has 0 radical (unpaired) electrons. The Morgan fingerprint density at radius 1 is 1.00 bits per heavy atom. The van der Waals surface area contributed by atoms with Gasteiger partial charge < -0.3 is 10.2 Å². The molecule has 138 valence electrons. The van der Waals surface area contributed by atoms with Crippen molar-refractivity contribution < 1.29 is 4.79 Å². The molecule has 1 atom stereocenters. The normalized spacial score (nSPS) is 17.0. The van der Waals surface area contributed by atoms with Crippen LogP contribution >= 0.6 is 0 Å². The molecule has 2 aromatic carbocycles. The Kier molecular flexibility index (Phi) is 6.42. The Hall–Kier alpha value is -2.17. The molecule has 26 heavy (non-hydrogen) atoms. The van der Waals surface area contributed by atoms with Gasteiger partial charge in [0.25, 0.3) is 5.91 Å². The van der Waals surface area contributed by atoms with Crippen molar-refractivity contribution in [2.24, 2.45) is 0 Å². The Balaban J connectivity index is 1.70. The van der Waals surface area contributed by atoms with Gasteiger partial charge in [-0.15, -0.1) is 0 Å². The van der Waals surface area contributed by atoms with Gasteiger partial charge in [0.05, 0.1) is 6.04 Å². The van der Waals surface area contributed by atoms with Crippen molar-refractivity contribution in [3.63, 3.8) is 0 Å². The van der Waals surface area contributed by atoms with Crippen LogP contribution in [0.3, 0.4) is 0 Å². The van der Waals surface area contributed by atoms with Crippen molar-refractivity contribution in [1.82, 2.24) is 15.1 Å². The maximum Gasteiger partial charge on any atom is 0.251 e. The number of benzene rings is 2. The van der Waals surface area contributed by atoms with Gasteiger partial charge in [0.2, 0.25) is 0 Å². The van der Waals surface area contributed by atoms with E-state index in [4.69, 9.17) is 0 Å². The minimum Gasteiger partial charge on any atom is -0.350 e. The summed E-state index contributed by atoms with van der Waals surface area (Å²) in [7, 11) is 0. The highest BCUT2D eigenvalue weighted by Gasteiger charge is 2.25. The summed E-state index contributed by atoms with van der Waals surface area (Å²) in [4.78, 5) is 17.6. The summed E-state index contributed by atoms with van der Waals surface area (Å²) < 4.78 is 0. The summed E-state index contributed by atoms with van der Waals surface area (Å²) in [6.45, 7) is 10.2. The highest BCUT2D eigenvalue weighted by Crippen LogP contribution is 2.22. The molecule has 1 unspecified atom stereocenters. The first kappa shape index (κ1) is 18.6. The van der Waals surface area contributed by atoms with Crippen LogP contribution in [0.4, 0.5) is 0 Å². The third kappa shape index (κ3) is 4.51. The molecule has 0 saturated carbocycles. The molecule has 0 spiro atoms. The van der Waals surface area contributed by atoms with Crippen molar-refractivity contribution >= 4 is 5.91 Å². The second kappa shape index (κ2) is 8.97. The maximum atomic E-state index is 12.6. The lowest BCUT2D eigenvalue weighted by molar-refractivity contribution is 0.0855. The van der Waals surface area contributed by atoms with E-state index in [1.807, 2.05) is 37.3 Å². The Morgan fingerprint density at radius 3 is 2.31 bits per heavy atom. The molecule has 0 aliphatic carbocycles. The van der Waals surface area contributed by atoms with E-state index in [0.29, 0.717) is 6.54 Å². The zero-order valence-corrected chi connectivity index (χ0v) is 15.8. The molecule has 1 N–H and O–H groups in total. The predicted octanol–water partition coefficient (Wildman–Crippen LogP) is 3.10. The highest BCUT2D eigenvalue weighted by atomic mass is 16.1. The van der Waals surface area contributed by atoms with Gasteiger partial charge in [0.15, 0.2) is 0 Å². The average molecular weight is 351 g/mol. The number of aryl methyl sites for hydroxylation is 1. The van der Waals surface area contributed by atoms with Crippen molar-refractivity contribution in [2.45, 2.75) is 19.9 Å². The molecule has 1 aliphatic heterocycles. The van der Waals surface area contributed by atoms with Gasteiger partial charge in [-0.2, -0.15) is 0 Å². The summed E-state index contributed by atoms with van der Waals surface area (Å²) in [5.74, 6) is 0.0104. The third-order valence-corrected chi connectivity index (χ3v) is 5.32. The molecule has 4 nitrogen and oxygen atoms in total. The molecule has 4 heteroatoms. The molecular formula is C22H29N3O. The quantitative estimate of drug-likeness (QED) is 0.869. The van der Waals surface area contributed by atoms with Gasteiger partial charge in [0.1, 0.15) is 0 Å². The number of carbonyl (C=O) groups excluding carboxylic acids is 1. The van der Waals surface area contributed by atoms with E-state index < -0.39 is 0 Å². The summed E-state index contributed by atoms with van der Waals surface area (Å²) in [5, 5.41) is 3.17. The summed E-state index contributed by atoms with van der Waals surface area (Å²) in [6.07, 6.45) is 0. The molecule has 1 amide bonds. The van der Waals surface area contributed by atoms with Gasteiger partial charge in [-0.1, -0.05) is 55.5 Å². The lowest BCUT2D eigenvalue weighted by atomic mass is 10.0. The highest BCUT2D eigenvalue weighted by molar-refractivity contribution is 5.95. The second-order valence-corrected chi connectivity index (χ2v) is 6.92. The fourth-order valence-electron chi connectivity index (χ4n) is 3.64. The van der Waals surface area contributed by atoms with E-state index in [-0.39, 0.29) is 11.9 Å². The monoisotopic (exact) mass is 351 g/mol. The number of carbonyl (C=O) groups is 1. The molecule has 1 heterocycles. The Labute approximate surface area is 156 Å². The van der Waals surface area contributed by atoms with Gasteiger partial charge in [0, 0.05) is 38.3 Å². The maximum absolute atomic E-state index is 12.6. The molecule has 2 aromatic rings. The summed E-state index contributed by atoms with van der Waals surface area (Å²) in [5.41, 5.74) is 3.04. The number of rotatable bonds is 6. The lowest BCUT2D eigenvalue weighted by Gasteiger charge is -2.39. The standard InChI is InChI=1S/C22H29N3O/c1-3-24-13-15-25(16-14-24)21(19-10-5-4-6-11-19)17-23-22(26)20-12-8-7-9-18(20)2/h4-12,21H,3,13-17H2,1-2H3,(H,23,26). The number of nitrogens with one attached hydrogen (secondary N) is 1. The molecule has 0 bridgehead atoms. The number of hydrogen-bond donors (Lipinski definition) is 1. The zero-order valence-electron chi connectivity index (χ0n) is 15.8. The first-order chi connectivity index (χ1) is 12.7. The third-order valence-electron chi connectivity index (χ3n) is 5.32. The van der Waals surface area contributed by atoms with Crippen LogP contribution in [0, 0.1) is 6.92 Å². The van der Waals surface area contributed by atoms with Crippen LogP contribution in [-0.2, 0) is 0 Å². The topological polar surface area (TPSA) is 35.6 Å². The van der Waals surface area contributed by atoms with Crippen LogP contribution in [0.5, 0.6) is 0 Å². The van der Waals surface area contributed by atoms with E-state index >= 15 is 0 Å². The van der Waals surface area contributed by atoms with Crippen LogP contribution < -0.4 is 5.32 Å². The second-order valence-electron chi connectivity index (χ2n) is 6.92. The molecule has 1 saturated heterocycles. The molecule has 0 aromatic heterocycles. The molecular weight excluding hydrogens is 322 g/mol. The van der Waals surface area contributed by atoms with Crippen LogP contribution in [0.2, 0.25) is 0 Å². The Morgan fingerprint density at radius 2 is 1.65 bits per heavy atom. The van der Waals surface area contributed by atoms with Gasteiger partial charge >= 0.3 is 0 Å². The van der Waals surface area contributed by atoms with Crippen molar-refractivity contribution in [3.05, 3.63) is 71.3 Å². The van der Waals surface area contributed by atoms with Crippen LogP contribution in [0.25, 0.3) is 0 Å². The van der Waals surface area contributed by atoms with Crippen molar-refractivity contribution in [1.29, 1.82) is 0 Å². The minimum absolute atomic E-state index is 0.0104. The largest absolute Gasteiger partial charge is 0.350 e. The minimum atomic E-state index is 0.0104. The summed E-state index contributed by atoms with van der Waals surface area (Å²) >= 11 is 0. The number of piperazine rings is 1. The van der Waals surface area contributed by atoms with Crippen molar-refractivity contribution in [2.75, 3.05) is 39.3 Å². The Bertz CT molecular complexity index is 708. The fraction of sp³-hybridized carbons (Fsp3) is 0.409. The number of likely N-dealkylation sites (N-methyl/N-ethyl adjacent to an activating group) is 1. The predicted molar refractivity (Wildman–Crippen MR) is 106 cm³/mol. The molecule has 1 aliphatic rings. The SMILES string of the molecule is CCN1CCN(C(CNC(=O)c2ccccc2C)c2ccccc2)CC1. The fourth-order valence-corrected chi connectivity index (χ4v) is 3.64. The van der Waals surface area contributed by atoms with Crippen LogP contribution in [0.1, 0.15) is 34.5 Å². The van der Waals surface area contributed by atoms with E-state index in [2.05, 4.69) is 46.3 Å². The smallest absolute Gasteiger partial charge is 0.251 e. The number of hydrogen-bond acceptors (Lipinski definition) is 3. The van der Waals surface area contributed by atoms with E-state index in [1.165, 1.54) is 5.56 Å². The van der Waals surface area contributed by atoms with Crippen molar-refractivity contribution in [3.8, 4) is 0 Å². The van der Waals surface area contributed by atoms with Gasteiger partial charge in [-0.3, -0.25) is 9.69 Å². The first-order valence-electron chi connectivity index (χ1n) is 9.54. The first-order valence-corrected chi connectivity index (χ1v) is 9.54. The van der Waals surface area contributed by atoms with E-state index in [0.717, 1.165) is 43.9 Å². The zero-order chi connectivity index (χ0) is 18.4. The average Bonchev–Trinajstić information content (AvgIpc) is 2.69. The summed E-state index contributed by atoms with van der Waals surface area (Å²) in [6, 6.07) is 18.5.